The van der Waals surface area contributed by atoms with Crippen LogP contribution in [0.5, 0.6) is 0 Å². The minimum Gasteiger partial charge on any atom is -0.103 e. The Morgan fingerprint density at radius 2 is 2.00 bits per heavy atom. The third kappa shape index (κ3) is 3.60. The van der Waals surface area contributed by atoms with Gasteiger partial charge in [0.25, 0.3) is 0 Å². The van der Waals surface area contributed by atoms with Crippen LogP contribution in [0.4, 0.5) is 0 Å². The molecule has 0 heteroatoms. The second-order valence-corrected chi connectivity index (χ2v) is 4.64. The van der Waals surface area contributed by atoms with Gasteiger partial charge in [0, 0.05) is 0 Å². The summed E-state index contributed by atoms with van der Waals surface area (Å²) in [5.41, 5.74) is 5.99. The van der Waals surface area contributed by atoms with E-state index in [1.54, 1.807) is 5.57 Å². The Labute approximate surface area is 112 Å². The van der Waals surface area contributed by atoms with E-state index < -0.39 is 0 Å². The molecule has 0 radical (unpaired) electrons. The molecule has 0 spiro atoms. The molecule has 0 heterocycles. The summed E-state index contributed by atoms with van der Waals surface area (Å²) in [5.74, 6) is 0. The number of allylic oxidation sites excluding steroid dienone is 9. The Kier molecular flexibility index (Phi) is 6.49. The minimum absolute atomic E-state index is 1.07. The van der Waals surface area contributed by atoms with Crippen molar-refractivity contribution in [1.82, 2.24) is 0 Å². The van der Waals surface area contributed by atoms with Crippen LogP contribution in [0, 0.1) is 0 Å². The molecule has 0 aromatic rings. The van der Waals surface area contributed by atoms with Crippen LogP contribution in [0.15, 0.2) is 59.3 Å². The smallest absolute Gasteiger partial charge is 0.0196 e. The average molecular weight is 242 g/mol. The third-order valence-corrected chi connectivity index (χ3v) is 3.60. The van der Waals surface area contributed by atoms with Gasteiger partial charge in [-0.2, -0.15) is 0 Å². The molecule has 0 amide bonds. The highest BCUT2D eigenvalue weighted by Crippen LogP contribution is 2.33. The fourth-order valence-corrected chi connectivity index (χ4v) is 2.58. The van der Waals surface area contributed by atoms with Crippen LogP contribution >= 0.6 is 0 Å². The van der Waals surface area contributed by atoms with Crippen molar-refractivity contribution < 1.29 is 0 Å². The van der Waals surface area contributed by atoms with Crippen molar-refractivity contribution in [2.75, 3.05) is 0 Å². The predicted octanol–water partition coefficient (Wildman–Crippen LogP) is 5.90. The highest BCUT2D eigenvalue weighted by atomic mass is 14.2. The topological polar surface area (TPSA) is 0 Å². The van der Waals surface area contributed by atoms with Crippen molar-refractivity contribution in [2.24, 2.45) is 0 Å². The molecule has 98 valence electrons. The zero-order chi connectivity index (χ0) is 13.4. The molecule has 0 atom stereocenters. The van der Waals surface area contributed by atoms with E-state index >= 15 is 0 Å². The third-order valence-electron chi connectivity index (χ3n) is 3.60. The molecule has 1 aliphatic carbocycles. The number of hydrogen-bond acceptors (Lipinski definition) is 0. The largest absolute Gasteiger partial charge is 0.103 e. The van der Waals surface area contributed by atoms with Crippen molar-refractivity contribution >= 4 is 0 Å². The van der Waals surface area contributed by atoms with Crippen LogP contribution in [-0.2, 0) is 0 Å². The maximum Gasteiger partial charge on any atom is -0.0196 e. The summed E-state index contributed by atoms with van der Waals surface area (Å²) in [6.07, 6.45) is 16.8. The van der Waals surface area contributed by atoms with E-state index in [-0.39, 0.29) is 0 Å². The molecule has 0 saturated heterocycles. The summed E-state index contributed by atoms with van der Waals surface area (Å²) in [6, 6.07) is 0. The lowest BCUT2D eigenvalue weighted by Gasteiger charge is -2.20. The summed E-state index contributed by atoms with van der Waals surface area (Å²) in [5, 5.41) is 0. The SMILES string of the molecule is C=CCC/C(=C\C)C1=C(/C(=C\C)CC)C=CCC1. The molecule has 0 bridgehead atoms. The van der Waals surface area contributed by atoms with Gasteiger partial charge in [-0.15, -0.1) is 6.58 Å². The van der Waals surface area contributed by atoms with Crippen LogP contribution in [0.25, 0.3) is 0 Å². The van der Waals surface area contributed by atoms with E-state index in [0.717, 1.165) is 19.3 Å². The monoisotopic (exact) mass is 242 g/mol. The Morgan fingerprint density at radius 3 is 2.56 bits per heavy atom. The van der Waals surface area contributed by atoms with Crippen LogP contribution in [-0.4, -0.2) is 0 Å². The van der Waals surface area contributed by atoms with Gasteiger partial charge in [0.15, 0.2) is 0 Å². The van der Waals surface area contributed by atoms with Crippen LogP contribution in [0.2, 0.25) is 0 Å². The molecule has 0 aliphatic heterocycles. The number of rotatable bonds is 6. The fraction of sp³-hybridized carbons (Fsp3) is 0.444. The van der Waals surface area contributed by atoms with E-state index in [9.17, 15) is 0 Å². The minimum atomic E-state index is 1.07. The van der Waals surface area contributed by atoms with Gasteiger partial charge in [0.05, 0.1) is 0 Å². The highest BCUT2D eigenvalue weighted by Gasteiger charge is 2.14. The van der Waals surface area contributed by atoms with Crippen molar-refractivity contribution in [1.29, 1.82) is 0 Å². The van der Waals surface area contributed by atoms with Gasteiger partial charge in [-0.25, -0.2) is 0 Å². The lowest BCUT2D eigenvalue weighted by Crippen LogP contribution is -2.01. The first-order valence-electron chi connectivity index (χ1n) is 7.10. The molecule has 1 aliphatic rings. The lowest BCUT2D eigenvalue weighted by molar-refractivity contribution is 0.887. The van der Waals surface area contributed by atoms with Gasteiger partial charge < -0.3 is 0 Å². The second kappa shape index (κ2) is 7.92. The van der Waals surface area contributed by atoms with Gasteiger partial charge in [-0.1, -0.05) is 37.3 Å². The molecular formula is C18H26. The predicted molar refractivity (Wildman–Crippen MR) is 82.6 cm³/mol. The Bertz CT molecular complexity index is 400. The molecule has 0 aromatic carbocycles. The molecule has 0 nitrogen and oxygen atoms in total. The van der Waals surface area contributed by atoms with Gasteiger partial charge >= 0.3 is 0 Å². The quantitative estimate of drug-likeness (QED) is 0.508. The maximum atomic E-state index is 3.83. The summed E-state index contributed by atoms with van der Waals surface area (Å²) in [6.45, 7) is 10.4. The van der Waals surface area contributed by atoms with E-state index in [1.165, 1.54) is 29.6 Å². The van der Waals surface area contributed by atoms with E-state index in [1.807, 2.05) is 6.08 Å². The van der Waals surface area contributed by atoms with Gasteiger partial charge in [-0.3, -0.25) is 0 Å². The standard InChI is InChI=1S/C18H26/c1-5-9-12-16(8-4)18-14-11-10-13-17(18)15(6-2)7-3/h5-6,8,10,13H,1,7,9,11-12,14H2,2-4H3/b15-6-,16-8+. The number of hydrogen-bond donors (Lipinski definition) is 0. The Balaban J connectivity index is 3.12. The van der Waals surface area contributed by atoms with Crippen LogP contribution in [0.3, 0.4) is 0 Å². The van der Waals surface area contributed by atoms with Gasteiger partial charge in [-0.05, 0) is 68.2 Å². The molecule has 18 heavy (non-hydrogen) atoms. The van der Waals surface area contributed by atoms with Crippen molar-refractivity contribution in [2.45, 2.75) is 52.9 Å². The first-order valence-corrected chi connectivity index (χ1v) is 7.10. The maximum absolute atomic E-state index is 3.83. The Hall–Kier alpha value is -1.30. The molecule has 1 rings (SSSR count). The highest BCUT2D eigenvalue weighted by molar-refractivity contribution is 5.52. The Morgan fingerprint density at radius 1 is 1.28 bits per heavy atom. The van der Waals surface area contributed by atoms with Crippen LogP contribution in [0.1, 0.15) is 52.9 Å². The molecule has 0 saturated carbocycles. The summed E-state index contributed by atoms with van der Waals surface area (Å²) < 4.78 is 0. The van der Waals surface area contributed by atoms with E-state index in [0.29, 0.717) is 0 Å². The van der Waals surface area contributed by atoms with Crippen molar-refractivity contribution in [3.63, 3.8) is 0 Å². The van der Waals surface area contributed by atoms with Crippen LogP contribution < -0.4 is 0 Å². The summed E-state index contributed by atoms with van der Waals surface area (Å²) in [7, 11) is 0. The molecule has 0 aromatic heterocycles. The van der Waals surface area contributed by atoms with E-state index in [2.05, 4.69) is 51.7 Å². The first kappa shape index (κ1) is 14.8. The fourth-order valence-electron chi connectivity index (χ4n) is 2.58. The van der Waals surface area contributed by atoms with E-state index in [4.69, 9.17) is 0 Å². The second-order valence-electron chi connectivity index (χ2n) is 4.64. The van der Waals surface area contributed by atoms with Crippen molar-refractivity contribution in [3.8, 4) is 0 Å². The normalized spacial score (nSPS) is 17.3. The zero-order valence-corrected chi connectivity index (χ0v) is 12.1. The molecule has 0 fully saturated rings. The summed E-state index contributed by atoms with van der Waals surface area (Å²) in [4.78, 5) is 0. The average Bonchev–Trinajstić information content (AvgIpc) is 2.42. The summed E-state index contributed by atoms with van der Waals surface area (Å²) >= 11 is 0. The molecule has 0 unspecified atom stereocenters. The zero-order valence-electron chi connectivity index (χ0n) is 12.1. The molecular weight excluding hydrogens is 216 g/mol. The molecule has 0 N–H and O–H groups in total. The first-order chi connectivity index (χ1) is 8.78. The lowest BCUT2D eigenvalue weighted by atomic mass is 9.85. The van der Waals surface area contributed by atoms with Gasteiger partial charge in [0.2, 0.25) is 0 Å². The van der Waals surface area contributed by atoms with Crippen molar-refractivity contribution in [3.05, 3.63) is 59.3 Å². The van der Waals surface area contributed by atoms with Gasteiger partial charge in [0.1, 0.15) is 0 Å².